The van der Waals surface area contributed by atoms with E-state index in [4.69, 9.17) is 10.5 Å². The van der Waals surface area contributed by atoms with Crippen molar-refractivity contribution < 1.29 is 4.74 Å². The molecule has 1 aliphatic rings. The lowest BCUT2D eigenvalue weighted by atomic mass is 10.1. The van der Waals surface area contributed by atoms with Crippen LogP contribution in [0, 0.1) is 0 Å². The van der Waals surface area contributed by atoms with Gasteiger partial charge in [0, 0.05) is 0 Å². The first-order chi connectivity index (χ1) is 7.77. The number of anilines is 1. The molecule has 0 fully saturated rings. The summed E-state index contributed by atoms with van der Waals surface area (Å²) in [6.45, 7) is 2.52. The lowest BCUT2D eigenvalue weighted by Gasteiger charge is -2.10. The molecule has 0 saturated carbocycles. The molecule has 1 aromatic heterocycles. The van der Waals surface area contributed by atoms with Crippen LogP contribution in [-0.2, 0) is 0 Å². The molecule has 1 aliphatic heterocycles. The van der Waals surface area contributed by atoms with Crippen molar-refractivity contribution in [2.24, 2.45) is 0 Å². The van der Waals surface area contributed by atoms with E-state index in [0.29, 0.717) is 23.9 Å². The maximum Gasteiger partial charge on any atom is 0.186 e. The third kappa shape index (κ3) is 1.16. The monoisotopic (exact) mass is 217 g/mol. The fourth-order valence-electron chi connectivity index (χ4n) is 1.83. The highest BCUT2D eigenvalue weighted by molar-refractivity contribution is 5.73. The molecule has 1 atom stereocenters. The van der Waals surface area contributed by atoms with Gasteiger partial charge in [0.05, 0.1) is 17.3 Å². The highest BCUT2D eigenvalue weighted by atomic mass is 16.5. The molecule has 1 aromatic carbocycles. The largest absolute Gasteiger partial charge is 0.488 e. The molecule has 0 aliphatic carbocycles. The Morgan fingerprint density at radius 3 is 3.25 bits per heavy atom. The van der Waals surface area contributed by atoms with Crippen LogP contribution in [0.2, 0.25) is 0 Å². The summed E-state index contributed by atoms with van der Waals surface area (Å²) in [6, 6.07) is 5.68. The topological polar surface area (TPSA) is 78.8 Å². The number of fused-ring (bicyclic) bond motifs is 3. The van der Waals surface area contributed by atoms with Gasteiger partial charge in [-0.15, -0.1) is 5.10 Å². The lowest BCUT2D eigenvalue weighted by Crippen LogP contribution is -2.14. The van der Waals surface area contributed by atoms with Crippen molar-refractivity contribution >= 4 is 5.69 Å². The van der Waals surface area contributed by atoms with Crippen molar-refractivity contribution in [1.82, 2.24) is 20.2 Å². The summed E-state index contributed by atoms with van der Waals surface area (Å²) >= 11 is 0. The SMILES string of the molecule is C[C@@H]1COc2c(N)cccc2-c2nnnn21. The molecule has 6 nitrogen and oxygen atoms in total. The highest BCUT2D eigenvalue weighted by Gasteiger charge is 2.23. The Morgan fingerprint density at radius 2 is 2.38 bits per heavy atom. The zero-order valence-corrected chi connectivity index (χ0v) is 8.79. The van der Waals surface area contributed by atoms with Gasteiger partial charge >= 0.3 is 0 Å². The van der Waals surface area contributed by atoms with Crippen molar-refractivity contribution in [3.05, 3.63) is 18.2 Å². The number of benzene rings is 1. The number of ether oxygens (including phenoxy) is 1. The van der Waals surface area contributed by atoms with Gasteiger partial charge in [0.15, 0.2) is 11.6 Å². The Kier molecular flexibility index (Phi) is 1.82. The first-order valence-corrected chi connectivity index (χ1v) is 5.07. The molecule has 6 heteroatoms. The Labute approximate surface area is 92.0 Å². The fraction of sp³-hybridized carbons (Fsp3) is 0.300. The molecule has 0 radical (unpaired) electrons. The molecule has 0 saturated heterocycles. The van der Waals surface area contributed by atoms with Crippen LogP contribution in [-0.4, -0.2) is 26.8 Å². The van der Waals surface area contributed by atoms with E-state index in [1.54, 1.807) is 4.68 Å². The second kappa shape index (κ2) is 3.19. The van der Waals surface area contributed by atoms with Crippen molar-refractivity contribution in [2.45, 2.75) is 13.0 Å². The Morgan fingerprint density at radius 1 is 1.50 bits per heavy atom. The lowest BCUT2D eigenvalue weighted by molar-refractivity contribution is 0.259. The van der Waals surface area contributed by atoms with Gasteiger partial charge < -0.3 is 10.5 Å². The summed E-state index contributed by atoms with van der Waals surface area (Å²) in [5.41, 5.74) is 7.33. The molecular weight excluding hydrogens is 206 g/mol. The van der Waals surface area contributed by atoms with E-state index < -0.39 is 0 Å². The van der Waals surface area contributed by atoms with Crippen molar-refractivity contribution in [1.29, 1.82) is 0 Å². The number of rotatable bonds is 0. The second-order valence-electron chi connectivity index (χ2n) is 3.83. The van der Waals surface area contributed by atoms with Gasteiger partial charge in [-0.2, -0.15) is 0 Å². The summed E-state index contributed by atoms with van der Waals surface area (Å²) in [5.74, 6) is 1.37. The quantitative estimate of drug-likeness (QED) is 0.662. The number of aromatic nitrogens is 4. The predicted octanol–water partition coefficient (Wildman–Crippen LogP) is 0.876. The fourth-order valence-corrected chi connectivity index (χ4v) is 1.83. The van der Waals surface area contributed by atoms with Crippen molar-refractivity contribution in [3.8, 4) is 17.1 Å². The minimum absolute atomic E-state index is 0.0943. The molecular formula is C10H11N5O. The summed E-state index contributed by atoms with van der Waals surface area (Å²) in [4.78, 5) is 0. The highest BCUT2D eigenvalue weighted by Crippen LogP contribution is 2.36. The van der Waals surface area contributed by atoms with Gasteiger partial charge in [-0.3, -0.25) is 0 Å². The molecule has 0 amide bonds. The van der Waals surface area contributed by atoms with E-state index in [1.165, 1.54) is 0 Å². The molecule has 2 aromatic rings. The first-order valence-electron chi connectivity index (χ1n) is 5.07. The first kappa shape index (κ1) is 9.14. The minimum Gasteiger partial charge on any atom is -0.488 e. The molecule has 82 valence electrons. The van der Waals surface area contributed by atoms with Gasteiger partial charge in [0.25, 0.3) is 0 Å². The van der Waals surface area contributed by atoms with Gasteiger partial charge in [0.1, 0.15) is 6.61 Å². The van der Waals surface area contributed by atoms with Crippen LogP contribution in [0.3, 0.4) is 0 Å². The van der Waals surface area contributed by atoms with E-state index in [0.717, 1.165) is 5.56 Å². The number of hydrogen-bond donors (Lipinski definition) is 1. The molecule has 0 unspecified atom stereocenters. The van der Waals surface area contributed by atoms with Crippen LogP contribution in [0.1, 0.15) is 13.0 Å². The molecule has 0 spiro atoms. The number of hydrogen-bond acceptors (Lipinski definition) is 5. The Hall–Kier alpha value is -2.11. The second-order valence-corrected chi connectivity index (χ2v) is 3.83. The van der Waals surface area contributed by atoms with E-state index >= 15 is 0 Å². The zero-order valence-electron chi connectivity index (χ0n) is 8.79. The average molecular weight is 217 g/mol. The van der Waals surface area contributed by atoms with E-state index in [1.807, 2.05) is 25.1 Å². The number of tetrazole rings is 1. The van der Waals surface area contributed by atoms with Crippen LogP contribution in [0.15, 0.2) is 18.2 Å². The third-order valence-corrected chi connectivity index (χ3v) is 2.67. The Balaban J connectivity index is 2.29. The Bertz CT molecular complexity index is 536. The minimum atomic E-state index is 0.0943. The third-order valence-electron chi connectivity index (χ3n) is 2.67. The van der Waals surface area contributed by atoms with Crippen LogP contribution < -0.4 is 10.5 Å². The smallest absolute Gasteiger partial charge is 0.186 e. The molecule has 2 heterocycles. The standard InChI is InChI=1S/C10H11N5O/c1-6-5-16-9-7(3-2-4-8(9)11)10-12-13-14-15(6)10/h2-4,6H,5,11H2,1H3/t6-/m1/s1. The summed E-state index contributed by atoms with van der Waals surface area (Å²) < 4.78 is 7.43. The molecule has 16 heavy (non-hydrogen) atoms. The number of para-hydroxylation sites is 1. The number of nitrogens with zero attached hydrogens (tertiary/aromatic N) is 4. The normalized spacial score (nSPS) is 18.2. The average Bonchev–Trinajstić information content (AvgIpc) is 2.71. The van der Waals surface area contributed by atoms with Gasteiger partial charge in [-0.25, -0.2) is 4.68 Å². The van der Waals surface area contributed by atoms with Gasteiger partial charge in [-0.05, 0) is 29.5 Å². The van der Waals surface area contributed by atoms with E-state index in [2.05, 4.69) is 15.5 Å². The zero-order chi connectivity index (χ0) is 11.1. The summed E-state index contributed by atoms with van der Waals surface area (Å²) in [7, 11) is 0. The van der Waals surface area contributed by atoms with Crippen LogP contribution in [0.4, 0.5) is 5.69 Å². The van der Waals surface area contributed by atoms with E-state index in [9.17, 15) is 0 Å². The van der Waals surface area contributed by atoms with Crippen molar-refractivity contribution in [3.63, 3.8) is 0 Å². The van der Waals surface area contributed by atoms with Gasteiger partial charge in [-0.1, -0.05) is 6.07 Å². The van der Waals surface area contributed by atoms with Crippen molar-refractivity contribution in [2.75, 3.05) is 12.3 Å². The summed E-state index contributed by atoms with van der Waals surface area (Å²) in [6.07, 6.45) is 0. The van der Waals surface area contributed by atoms with Crippen LogP contribution >= 0.6 is 0 Å². The molecule has 0 bridgehead atoms. The van der Waals surface area contributed by atoms with E-state index in [-0.39, 0.29) is 6.04 Å². The predicted molar refractivity (Wildman–Crippen MR) is 57.9 cm³/mol. The maximum atomic E-state index is 5.88. The number of nitrogens with two attached hydrogens (primary N) is 1. The maximum absolute atomic E-state index is 5.88. The molecule has 2 N–H and O–H groups in total. The summed E-state index contributed by atoms with van der Waals surface area (Å²) in [5, 5.41) is 11.7. The molecule has 3 rings (SSSR count). The van der Waals surface area contributed by atoms with Crippen LogP contribution in [0.25, 0.3) is 11.4 Å². The van der Waals surface area contributed by atoms with Gasteiger partial charge in [0.2, 0.25) is 0 Å². The number of nitrogen functional groups attached to an aromatic ring is 1. The van der Waals surface area contributed by atoms with Crippen LogP contribution in [0.5, 0.6) is 5.75 Å².